The summed E-state index contributed by atoms with van der Waals surface area (Å²) in [6.07, 6.45) is 1.03. The Bertz CT molecular complexity index is 1100. The van der Waals surface area contributed by atoms with Crippen LogP contribution in [0.5, 0.6) is 0 Å². The molecule has 0 radical (unpaired) electrons. The monoisotopic (exact) mass is 538 g/mol. The van der Waals surface area contributed by atoms with Gasteiger partial charge in [0.05, 0.1) is 5.56 Å². The Labute approximate surface area is 215 Å². The molecule has 2 aromatic carbocycles. The van der Waals surface area contributed by atoms with Gasteiger partial charge in [0.1, 0.15) is 8.07 Å². The summed E-state index contributed by atoms with van der Waals surface area (Å²) in [5, 5.41) is 7.82. The third-order valence-electron chi connectivity index (χ3n) is 6.08. The molecule has 0 aliphatic heterocycles. The van der Waals surface area contributed by atoms with Crippen molar-refractivity contribution in [3.05, 3.63) is 77.9 Å². The molecule has 3 atom stereocenters. The lowest BCUT2D eigenvalue weighted by molar-refractivity contribution is -0.139. The molecule has 1 aliphatic rings. The molecule has 0 fully saturated rings. The van der Waals surface area contributed by atoms with Crippen LogP contribution in [0, 0.1) is 23.3 Å². The van der Waals surface area contributed by atoms with Gasteiger partial charge in [-0.25, -0.2) is 0 Å². The normalized spacial score (nSPS) is 20.0. The number of thioether (sulfide) groups is 1. The van der Waals surface area contributed by atoms with Gasteiger partial charge in [-0.1, -0.05) is 62.1 Å². The van der Waals surface area contributed by atoms with E-state index in [9.17, 15) is 18.3 Å². The van der Waals surface area contributed by atoms with E-state index in [0.29, 0.717) is 6.42 Å². The van der Waals surface area contributed by atoms with E-state index in [2.05, 4.69) is 31.1 Å². The van der Waals surface area contributed by atoms with E-state index >= 15 is 8.78 Å². The van der Waals surface area contributed by atoms with Crippen molar-refractivity contribution in [1.82, 2.24) is 0 Å². The van der Waals surface area contributed by atoms with Gasteiger partial charge in [-0.15, -0.1) is 11.5 Å². The molecule has 194 valence electrons. The molecule has 2 aromatic rings. The maximum Gasteiger partial charge on any atom is 0.416 e. The first-order valence-electron chi connectivity index (χ1n) is 11.9. The van der Waals surface area contributed by atoms with Crippen LogP contribution in [0.25, 0.3) is 0 Å². The molecular formula is C28H31F5OSSi. The van der Waals surface area contributed by atoms with Crippen molar-refractivity contribution in [3.63, 3.8) is 0 Å². The summed E-state index contributed by atoms with van der Waals surface area (Å²) < 4.78 is 70.7. The van der Waals surface area contributed by atoms with Crippen LogP contribution in [-0.2, 0) is 11.8 Å². The van der Waals surface area contributed by atoms with E-state index in [0.717, 1.165) is 37.1 Å². The molecule has 3 rings (SSSR count). The van der Waals surface area contributed by atoms with Gasteiger partial charge in [0.15, 0.2) is 5.60 Å². The van der Waals surface area contributed by atoms with Crippen molar-refractivity contribution in [3.8, 4) is 11.5 Å². The van der Waals surface area contributed by atoms with Gasteiger partial charge in [0.25, 0.3) is 0 Å². The van der Waals surface area contributed by atoms with Crippen molar-refractivity contribution in [1.29, 1.82) is 0 Å². The van der Waals surface area contributed by atoms with Gasteiger partial charge in [0, 0.05) is 11.3 Å². The number of hydrogen-bond donors (Lipinski definition) is 1. The number of alkyl halides is 5. The van der Waals surface area contributed by atoms with E-state index < -0.39 is 30.7 Å². The number of halogens is 5. The second-order valence-corrected chi connectivity index (χ2v) is 16.2. The lowest BCUT2D eigenvalue weighted by Gasteiger charge is -2.37. The number of allylic oxidation sites excluding steroid dienone is 2. The average Bonchev–Trinajstić information content (AvgIpc) is 3.23. The quantitative estimate of drug-likeness (QED) is 0.120. The molecular weight excluding hydrogens is 507 g/mol. The summed E-state index contributed by atoms with van der Waals surface area (Å²) in [4.78, 5) is 0.258. The van der Waals surface area contributed by atoms with E-state index in [1.807, 2.05) is 12.2 Å². The second-order valence-electron chi connectivity index (χ2n) is 10.3. The van der Waals surface area contributed by atoms with E-state index in [-0.39, 0.29) is 40.5 Å². The molecule has 1 aliphatic carbocycles. The van der Waals surface area contributed by atoms with Crippen LogP contribution >= 0.6 is 11.8 Å². The minimum absolute atomic E-state index is 0.165. The van der Waals surface area contributed by atoms with E-state index in [1.165, 1.54) is 12.1 Å². The van der Waals surface area contributed by atoms with Gasteiger partial charge >= 0.3 is 11.4 Å². The predicted molar refractivity (Wildman–Crippen MR) is 138 cm³/mol. The highest BCUT2D eigenvalue weighted by atomic mass is 32.2. The Hall–Kier alpha value is -2.08. The zero-order valence-corrected chi connectivity index (χ0v) is 22.4. The third kappa shape index (κ3) is 7.47. The number of benzene rings is 2. The van der Waals surface area contributed by atoms with Crippen molar-refractivity contribution < 1.29 is 27.1 Å². The summed E-state index contributed by atoms with van der Waals surface area (Å²) in [6, 6.07) is 11.4. The second kappa shape index (κ2) is 11.1. The largest absolute Gasteiger partial charge is 0.416 e. The molecule has 1 N–H and O–H groups in total. The highest BCUT2D eigenvalue weighted by molar-refractivity contribution is 8.00. The smallest absolute Gasteiger partial charge is 0.378 e. The summed E-state index contributed by atoms with van der Waals surface area (Å²) in [5.74, 6) is 3.05. The van der Waals surface area contributed by atoms with Gasteiger partial charge in [0.2, 0.25) is 0 Å². The first-order chi connectivity index (χ1) is 16.7. The number of hydrogen-bond acceptors (Lipinski definition) is 2. The summed E-state index contributed by atoms with van der Waals surface area (Å²) >= 11 is 0.217. The van der Waals surface area contributed by atoms with Crippen molar-refractivity contribution in [2.75, 3.05) is 0 Å². The van der Waals surface area contributed by atoms with Crippen molar-refractivity contribution >= 4 is 19.8 Å². The number of rotatable bonds is 8. The Kier molecular flexibility index (Phi) is 8.80. The van der Waals surface area contributed by atoms with Crippen molar-refractivity contribution in [2.24, 2.45) is 11.8 Å². The predicted octanol–water partition coefficient (Wildman–Crippen LogP) is 8.52. The van der Waals surface area contributed by atoms with Gasteiger partial charge in [-0.3, -0.25) is 0 Å². The van der Waals surface area contributed by atoms with Crippen LogP contribution in [0.2, 0.25) is 19.6 Å². The molecule has 0 aromatic heterocycles. The molecule has 36 heavy (non-hydrogen) atoms. The summed E-state index contributed by atoms with van der Waals surface area (Å²) in [6.45, 7) is 6.50. The molecule has 0 heterocycles. The zero-order chi connectivity index (χ0) is 26.6. The van der Waals surface area contributed by atoms with Gasteiger partial charge in [-0.2, -0.15) is 22.0 Å². The maximum absolute atomic E-state index is 15.7. The van der Waals surface area contributed by atoms with Gasteiger partial charge in [-0.05, 0) is 72.7 Å². The first kappa shape index (κ1) is 28.5. The Morgan fingerprint density at radius 1 is 0.889 bits per heavy atom. The third-order valence-corrected chi connectivity index (χ3v) is 8.11. The molecule has 0 amide bonds. The van der Waals surface area contributed by atoms with Crippen LogP contribution in [0.4, 0.5) is 22.0 Å². The Balaban J connectivity index is 1.82. The standard InChI is InChI=1S/C28H31F5OSSi/c1-36(2,3)18-8-7-9-21-12-13-22(19-21)20-26(34,23-14-16-24(17-15-23)27(29,30)31)28(32,33)35-25-10-5-4-6-11-25/h4-6,10-17,21-22,34H,7,9,19-20H2,1-3H3/t21-,22-,26?/m1/s1. The van der Waals surface area contributed by atoms with Crippen LogP contribution in [0.3, 0.4) is 0 Å². The van der Waals surface area contributed by atoms with Crippen LogP contribution in [0.1, 0.15) is 36.8 Å². The lowest BCUT2D eigenvalue weighted by atomic mass is 9.82. The SMILES string of the molecule is C[Si](C)(C)C#CCC[C@@H]1C=C[C@@H](CC(O)(c2ccc(C(F)(F)F)cc2)C(F)(F)Sc2ccccc2)C1. The van der Waals surface area contributed by atoms with Crippen LogP contribution < -0.4 is 0 Å². The highest BCUT2D eigenvalue weighted by Crippen LogP contribution is 2.53. The number of aliphatic hydroxyl groups is 1. The maximum atomic E-state index is 15.7. The molecule has 1 nitrogen and oxygen atoms in total. The molecule has 1 unspecified atom stereocenters. The molecule has 0 bridgehead atoms. The minimum atomic E-state index is -4.60. The minimum Gasteiger partial charge on any atom is -0.378 e. The van der Waals surface area contributed by atoms with Crippen LogP contribution in [0.15, 0.2) is 71.6 Å². The van der Waals surface area contributed by atoms with Crippen molar-refractivity contribution in [2.45, 2.75) is 67.3 Å². The summed E-state index contributed by atoms with van der Waals surface area (Å²) in [7, 11) is -1.45. The average molecular weight is 539 g/mol. The highest BCUT2D eigenvalue weighted by Gasteiger charge is 2.55. The molecule has 0 saturated heterocycles. The van der Waals surface area contributed by atoms with Gasteiger partial charge < -0.3 is 5.11 Å². The zero-order valence-electron chi connectivity index (χ0n) is 20.6. The Morgan fingerprint density at radius 2 is 1.47 bits per heavy atom. The topological polar surface area (TPSA) is 20.2 Å². The van der Waals surface area contributed by atoms with Crippen LogP contribution in [-0.4, -0.2) is 18.4 Å². The lowest BCUT2D eigenvalue weighted by Crippen LogP contribution is -2.44. The fourth-order valence-corrected chi connectivity index (χ4v) is 5.87. The molecule has 8 heteroatoms. The van der Waals surface area contributed by atoms with E-state index in [1.54, 1.807) is 18.2 Å². The fourth-order valence-electron chi connectivity index (χ4n) is 4.25. The van der Waals surface area contributed by atoms with E-state index in [4.69, 9.17) is 0 Å². The summed E-state index contributed by atoms with van der Waals surface area (Å²) in [5.41, 5.74) is -0.535. The Morgan fingerprint density at radius 3 is 2.06 bits per heavy atom. The molecule has 0 spiro atoms. The first-order valence-corrected chi connectivity index (χ1v) is 16.2. The fraction of sp³-hybridized carbons (Fsp3) is 0.429. The molecule has 0 saturated carbocycles.